The van der Waals surface area contributed by atoms with E-state index in [0.717, 1.165) is 26.9 Å². The Balaban J connectivity index is 1.97. The van der Waals surface area contributed by atoms with Gasteiger partial charge in [0, 0.05) is 15.2 Å². The molecule has 0 aliphatic rings. The third kappa shape index (κ3) is 5.92. The van der Waals surface area contributed by atoms with Crippen molar-refractivity contribution >= 4 is 56.5 Å². The van der Waals surface area contributed by atoms with E-state index in [-0.39, 0.29) is 23.5 Å². The molecule has 0 unspecified atom stereocenters. The van der Waals surface area contributed by atoms with E-state index in [0.29, 0.717) is 10.8 Å². The zero-order valence-electron chi connectivity index (χ0n) is 15.7. The largest absolute Gasteiger partial charge is 0.483 e. The number of nitrogens with one attached hydrogen (secondary N) is 2. The number of amides is 1. The molecule has 0 spiro atoms. The van der Waals surface area contributed by atoms with E-state index in [1.165, 1.54) is 0 Å². The number of hydrogen-bond acceptors (Lipinski definition) is 3. The lowest BCUT2D eigenvalue weighted by atomic mass is 10.0. The first-order valence-electron chi connectivity index (χ1n) is 8.47. The maximum absolute atomic E-state index is 12.2. The van der Waals surface area contributed by atoms with E-state index in [2.05, 4.69) is 40.4 Å². The van der Waals surface area contributed by atoms with Crippen LogP contribution in [0.4, 0.5) is 5.69 Å². The van der Waals surface area contributed by atoms with Crippen molar-refractivity contribution in [1.29, 1.82) is 0 Å². The van der Waals surface area contributed by atoms with Crippen LogP contribution in [-0.2, 0) is 4.79 Å². The summed E-state index contributed by atoms with van der Waals surface area (Å²) in [5.41, 5.74) is 3.69. The zero-order valence-corrected chi connectivity index (χ0v) is 18.8. The van der Waals surface area contributed by atoms with Gasteiger partial charge < -0.3 is 10.1 Å². The van der Waals surface area contributed by atoms with Crippen molar-refractivity contribution in [2.24, 2.45) is 0 Å². The third-order valence-corrected chi connectivity index (χ3v) is 5.51. The van der Waals surface area contributed by atoms with Gasteiger partial charge in [0.25, 0.3) is 5.91 Å². The molecule has 0 aromatic heterocycles. The second kappa shape index (κ2) is 9.53. The van der Waals surface area contributed by atoms with Gasteiger partial charge in [-0.05, 0) is 72.9 Å². The van der Waals surface area contributed by atoms with Gasteiger partial charge in [-0.15, -0.1) is 0 Å². The third-order valence-electron chi connectivity index (χ3n) is 4.04. The maximum atomic E-state index is 12.2. The minimum absolute atomic E-state index is 0.128. The van der Waals surface area contributed by atoms with Gasteiger partial charge in [0.05, 0.1) is 0 Å². The highest BCUT2D eigenvalue weighted by atomic mass is 79.9. The van der Waals surface area contributed by atoms with Crippen molar-refractivity contribution in [2.75, 3.05) is 11.9 Å². The summed E-state index contributed by atoms with van der Waals surface area (Å²) in [5.74, 6) is 0.640. The van der Waals surface area contributed by atoms with Gasteiger partial charge in [-0.25, -0.2) is 0 Å². The average molecular weight is 470 g/mol. The first kappa shape index (κ1) is 21.7. The Morgan fingerprint density at radius 2 is 2.00 bits per heavy atom. The lowest BCUT2D eigenvalue weighted by Gasteiger charge is -2.16. The topological polar surface area (TPSA) is 50.4 Å². The molecule has 0 radical (unpaired) electrons. The molecule has 1 amide bonds. The monoisotopic (exact) mass is 468 g/mol. The van der Waals surface area contributed by atoms with Gasteiger partial charge in [0.1, 0.15) is 5.75 Å². The van der Waals surface area contributed by atoms with E-state index in [4.69, 9.17) is 28.6 Å². The SMILES string of the molecule is Cc1cc(OCC(=O)NC(=S)Nc2cccc(Cl)c2C)c(C(C)C)cc1Br. The quantitative estimate of drug-likeness (QED) is 0.549. The Morgan fingerprint density at radius 3 is 2.67 bits per heavy atom. The number of ether oxygens (including phenoxy) is 1. The molecule has 2 rings (SSSR count). The molecular formula is C20H22BrClN2O2S. The number of carbonyl (C=O) groups excluding carboxylic acids is 1. The van der Waals surface area contributed by atoms with E-state index in [1.54, 1.807) is 6.07 Å². The number of rotatable bonds is 5. The molecular weight excluding hydrogens is 448 g/mol. The molecule has 0 saturated heterocycles. The van der Waals surface area contributed by atoms with Gasteiger partial charge in [-0.2, -0.15) is 0 Å². The van der Waals surface area contributed by atoms with E-state index >= 15 is 0 Å². The number of aryl methyl sites for hydroxylation is 1. The summed E-state index contributed by atoms with van der Waals surface area (Å²) < 4.78 is 6.77. The Bertz CT molecular complexity index is 871. The van der Waals surface area contributed by atoms with Gasteiger partial charge in [-0.1, -0.05) is 47.4 Å². The van der Waals surface area contributed by atoms with Gasteiger partial charge >= 0.3 is 0 Å². The predicted octanol–water partition coefficient (Wildman–Crippen LogP) is 5.73. The fourth-order valence-corrected chi connectivity index (χ4v) is 3.21. The van der Waals surface area contributed by atoms with E-state index in [1.807, 2.05) is 38.1 Å². The van der Waals surface area contributed by atoms with Crippen molar-refractivity contribution in [1.82, 2.24) is 5.32 Å². The molecule has 2 N–H and O–H groups in total. The molecule has 7 heteroatoms. The highest BCUT2D eigenvalue weighted by Crippen LogP contribution is 2.32. The van der Waals surface area contributed by atoms with Gasteiger partial charge in [0.15, 0.2) is 11.7 Å². The fraction of sp³-hybridized carbons (Fsp3) is 0.300. The van der Waals surface area contributed by atoms with Crippen LogP contribution in [0.3, 0.4) is 0 Å². The predicted molar refractivity (Wildman–Crippen MR) is 119 cm³/mol. The number of anilines is 1. The number of benzene rings is 2. The summed E-state index contributed by atoms with van der Waals surface area (Å²) in [7, 11) is 0. The second-order valence-electron chi connectivity index (χ2n) is 6.50. The van der Waals surface area contributed by atoms with Crippen molar-refractivity contribution in [2.45, 2.75) is 33.6 Å². The first-order valence-corrected chi connectivity index (χ1v) is 10.1. The lowest BCUT2D eigenvalue weighted by Crippen LogP contribution is -2.37. The Hall–Kier alpha value is -1.63. The van der Waals surface area contributed by atoms with E-state index in [9.17, 15) is 4.79 Å². The summed E-state index contributed by atoms with van der Waals surface area (Å²) in [5, 5.41) is 6.43. The smallest absolute Gasteiger partial charge is 0.264 e. The number of carbonyl (C=O) groups is 1. The molecule has 0 aliphatic heterocycles. The summed E-state index contributed by atoms with van der Waals surface area (Å²) in [6, 6.07) is 9.41. The standard InChI is InChI=1S/C20H22BrClN2O2S/c1-11(2)14-9-15(21)12(3)8-18(14)26-10-19(25)24-20(27)23-17-7-5-6-16(22)13(17)4/h5-9,11H,10H2,1-4H3,(H2,23,24,25,27). The summed E-state index contributed by atoms with van der Waals surface area (Å²) in [6.45, 7) is 7.89. The van der Waals surface area contributed by atoms with Crippen molar-refractivity contribution in [3.05, 3.63) is 56.5 Å². The van der Waals surface area contributed by atoms with Crippen molar-refractivity contribution < 1.29 is 9.53 Å². The normalized spacial score (nSPS) is 10.6. The Morgan fingerprint density at radius 1 is 1.30 bits per heavy atom. The van der Waals surface area contributed by atoms with Crippen LogP contribution in [0, 0.1) is 13.8 Å². The average Bonchev–Trinajstić information content (AvgIpc) is 2.59. The number of thiocarbonyl (C=S) groups is 1. The second-order valence-corrected chi connectivity index (χ2v) is 8.17. The highest BCUT2D eigenvalue weighted by Gasteiger charge is 2.13. The molecule has 0 saturated carbocycles. The van der Waals surface area contributed by atoms with Gasteiger partial charge in [0.2, 0.25) is 0 Å². The summed E-state index contributed by atoms with van der Waals surface area (Å²) in [6.07, 6.45) is 0. The number of hydrogen-bond donors (Lipinski definition) is 2. The molecule has 0 aliphatic carbocycles. The molecule has 0 heterocycles. The van der Waals surface area contributed by atoms with Crippen LogP contribution in [-0.4, -0.2) is 17.6 Å². The van der Waals surface area contributed by atoms with Crippen molar-refractivity contribution in [3.63, 3.8) is 0 Å². The fourth-order valence-electron chi connectivity index (χ4n) is 2.45. The molecule has 0 fully saturated rings. The Kier molecular flexibility index (Phi) is 7.65. The van der Waals surface area contributed by atoms with Crippen LogP contribution >= 0.6 is 39.7 Å². The van der Waals surface area contributed by atoms with E-state index < -0.39 is 0 Å². The summed E-state index contributed by atoms with van der Waals surface area (Å²) in [4.78, 5) is 12.2. The van der Waals surface area contributed by atoms with Crippen LogP contribution in [0.2, 0.25) is 5.02 Å². The zero-order chi connectivity index (χ0) is 20.1. The van der Waals surface area contributed by atoms with Crippen LogP contribution in [0.1, 0.15) is 36.5 Å². The minimum Gasteiger partial charge on any atom is -0.483 e. The van der Waals surface area contributed by atoms with Crippen LogP contribution in [0.5, 0.6) is 5.75 Å². The Labute approximate surface area is 178 Å². The minimum atomic E-state index is -0.331. The van der Waals surface area contributed by atoms with Crippen LogP contribution in [0.15, 0.2) is 34.8 Å². The number of halogens is 2. The van der Waals surface area contributed by atoms with Crippen molar-refractivity contribution in [3.8, 4) is 5.75 Å². The molecule has 27 heavy (non-hydrogen) atoms. The molecule has 144 valence electrons. The molecule has 2 aromatic rings. The molecule has 2 aromatic carbocycles. The first-order chi connectivity index (χ1) is 12.7. The lowest BCUT2D eigenvalue weighted by molar-refractivity contribution is -0.121. The molecule has 4 nitrogen and oxygen atoms in total. The van der Waals surface area contributed by atoms with Gasteiger partial charge in [-0.3, -0.25) is 10.1 Å². The van der Waals surface area contributed by atoms with Crippen LogP contribution < -0.4 is 15.4 Å². The summed E-state index contributed by atoms with van der Waals surface area (Å²) >= 11 is 14.8. The molecule has 0 bridgehead atoms. The maximum Gasteiger partial charge on any atom is 0.264 e. The molecule has 0 atom stereocenters. The van der Waals surface area contributed by atoms with Crippen LogP contribution in [0.25, 0.3) is 0 Å². The highest BCUT2D eigenvalue weighted by molar-refractivity contribution is 9.10.